The van der Waals surface area contributed by atoms with Gasteiger partial charge in [-0.1, -0.05) is 47.7 Å². The molecule has 0 fully saturated rings. The van der Waals surface area contributed by atoms with Crippen LogP contribution in [0.25, 0.3) is 11.4 Å². The third-order valence-corrected chi connectivity index (χ3v) is 4.35. The molecule has 0 bridgehead atoms. The molecule has 0 radical (unpaired) electrons. The van der Waals surface area contributed by atoms with Gasteiger partial charge in [0.25, 0.3) is 0 Å². The van der Waals surface area contributed by atoms with E-state index in [0.29, 0.717) is 16.5 Å². The van der Waals surface area contributed by atoms with Crippen LogP contribution >= 0.6 is 11.8 Å². The van der Waals surface area contributed by atoms with Gasteiger partial charge in [0.2, 0.25) is 5.16 Å². The molecular weight excluding hydrogens is 297 g/mol. The Labute approximate surface area is 133 Å². The number of aromatic nitrogens is 3. The summed E-state index contributed by atoms with van der Waals surface area (Å²) in [5.74, 6) is 0.952. The van der Waals surface area contributed by atoms with Gasteiger partial charge in [-0.15, -0.1) is 5.10 Å². The fourth-order valence-corrected chi connectivity index (χ4v) is 3.04. The Kier molecular flexibility index (Phi) is 4.24. The van der Waals surface area contributed by atoms with E-state index >= 15 is 0 Å². The van der Waals surface area contributed by atoms with Crippen molar-refractivity contribution < 1.29 is 4.39 Å². The number of rotatable bonds is 4. The molecule has 0 saturated carbocycles. The Morgan fingerprint density at radius 3 is 2.77 bits per heavy atom. The number of thioether (sulfide) groups is 1. The van der Waals surface area contributed by atoms with Gasteiger partial charge in [0.05, 0.1) is 5.56 Å². The van der Waals surface area contributed by atoms with Crippen molar-refractivity contribution in [1.82, 2.24) is 15.2 Å². The van der Waals surface area contributed by atoms with Gasteiger partial charge < -0.3 is 0 Å². The largest absolute Gasteiger partial charge is 0.258 e. The van der Waals surface area contributed by atoms with Crippen molar-refractivity contribution in [3.63, 3.8) is 0 Å². The predicted octanol–water partition coefficient (Wildman–Crippen LogP) is 4.52. The lowest BCUT2D eigenvalue weighted by atomic mass is 10.1. The molecule has 0 amide bonds. The lowest BCUT2D eigenvalue weighted by Gasteiger charge is -2.05. The van der Waals surface area contributed by atoms with Crippen LogP contribution in [0.1, 0.15) is 16.7 Å². The highest BCUT2D eigenvalue weighted by atomic mass is 32.2. The van der Waals surface area contributed by atoms with E-state index < -0.39 is 0 Å². The van der Waals surface area contributed by atoms with E-state index in [4.69, 9.17) is 0 Å². The Bertz CT molecular complexity index is 798. The number of nitrogens with one attached hydrogen (secondary N) is 1. The van der Waals surface area contributed by atoms with Crippen molar-refractivity contribution in [2.75, 3.05) is 0 Å². The zero-order valence-electron chi connectivity index (χ0n) is 12.4. The second kappa shape index (κ2) is 6.32. The molecule has 2 aromatic carbocycles. The number of aryl methyl sites for hydroxylation is 2. The molecule has 5 heteroatoms. The van der Waals surface area contributed by atoms with Crippen LogP contribution in [0.5, 0.6) is 0 Å². The smallest absolute Gasteiger partial charge is 0.209 e. The number of aromatic amines is 1. The summed E-state index contributed by atoms with van der Waals surface area (Å²) in [4.78, 5) is 4.36. The molecule has 0 aliphatic heterocycles. The summed E-state index contributed by atoms with van der Waals surface area (Å²) < 4.78 is 13.7. The van der Waals surface area contributed by atoms with Crippen molar-refractivity contribution >= 4 is 11.8 Å². The molecule has 0 saturated heterocycles. The summed E-state index contributed by atoms with van der Waals surface area (Å²) in [6, 6.07) is 12.9. The van der Waals surface area contributed by atoms with E-state index in [1.807, 2.05) is 0 Å². The maximum atomic E-state index is 13.7. The molecule has 112 valence electrons. The first-order valence-electron chi connectivity index (χ1n) is 7.00. The Morgan fingerprint density at radius 1 is 1.14 bits per heavy atom. The molecule has 3 aromatic rings. The van der Waals surface area contributed by atoms with E-state index in [1.54, 1.807) is 30.0 Å². The first-order valence-corrected chi connectivity index (χ1v) is 7.98. The summed E-state index contributed by atoms with van der Waals surface area (Å²) in [7, 11) is 0. The topological polar surface area (TPSA) is 41.6 Å². The van der Waals surface area contributed by atoms with Crippen LogP contribution in [-0.4, -0.2) is 15.2 Å². The third kappa shape index (κ3) is 3.20. The SMILES string of the molecule is Cc1ccc(C)c(CSc2n[nH]c(-c3ccccc3F)n2)c1. The second-order valence-electron chi connectivity index (χ2n) is 5.17. The van der Waals surface area contributed by atoms with Crippen molar-refractivity contribution in [1.29, 1.82) is 0 Å². The number of halogens is 1. The standard InChI is InChI=1S/C17H16FN3S/c1-11-7-8-12(2)13(9-11)10-22-17-19-16(20-21-17)14-5-3-4-6-15(14)18/h3-9H,10H2,1-2H3,(H,19,20,21). The quantitative estimate of drug-likeness (QED) is 0.720. The highest BCUT2D eigenvalue weighted by Crippen LogP contribution is 2.25. The number of hydrogen-bond donors (Lipinski definition) is 1. The summed E-state index contributed by atoms with van der Waals surface area (Å²) in [5.41, 5.74) is 4.20. The monoisotopic (exact) mass is 313 g/mol. The highest BCUT2D eigenvalue weighted by Gasteiger charge is 2.10. The van der Waals surface area contributed by atoms with Crippen LogP contribution in [-0.2, 0) is 5.75 Å². The molecular formula is C17H16FN3S. The fourth-order valence-electron chi connectivity index (χ4n) is 2.18. The zero-order chi connectivity index (χ0) is 15.5. The first kappa shape index (κ1) is 14.8. The maximum Gasteiger partial charge on any atom is 0.209 e. The minimum Gasteiger partial charge on any atom is -0.258 e. The van der Waals surface area contributed by atoms with E-state index in [0.717, 1.165) is 5.75 Å². The van der Waals surface area contributed by atoms with Gasteiger partial charge in [-0.2, -0.15) is 0 Å². The van der Waals surface area contributed by atoms with Crippen LogP contribution < -0.4 is 0 Å². The van der Waals surface area contributed by atoms with Gasteiger partial charge in [0.1, 0.15) is 5.82 Å². The average molecular weight is 313 g/mol. The van der Waals surface area contributed by atoms with Crippen LogP contribution in [0.15, 0.2) is 47.6 Å². The lowest BCUT2D eigenvalue weighted by Crippen LogP contribution is -1.88. The molecule has 0 atom stereocenters. The van der Waals surface area contributed by atoms with Crippen molar-refractivity contribution in [2.24, 2.45) is 0 Å². The Morgan fingerprint density at radius 2 is 1.95 bits per heavy atom. The average Bonchev–Trinajstić information content (AvgIpc) is 2.97. The molecule has 1 N–H and O–H groups in total. The number of benzene rings is 2. The van der Waals surface area contributed by atoms with E-state index in [-0.39, 0.29) is 5.82 Å². The summed E-state index contributed by atoms with van der Waals surface area (Å²) in [6.45, 7) is 4.18. The normalized spacial score (nSPS) is 10.9. The van der Waals surface area contributed by atoms with Crippen LogP contribution in [0.2, 0.25) is 0 Å². The minimum absolute atomic E-state index is 0.301. The fraction of sp³-hybridized carbons (Fsp3) is 0.176. The summed E-state index contributed by atoms with van der Waals surface area (Å²) in [6.07, 6.45) is 0. The summed E-state index contributed by atoms with van der Waals surface area (Å²) in [5, 5.41) is 7.59. The maximum absolute atomic E-state index is 13.7. The molecule has 1 aromatic heterocycles. The van der Waals surface area contributed by atoms with Crippen molar-refractivity contribution in [2.45, 2.75) is 24.8 Å². The molecule has 3 rings (SSSR count). The lowest BCUT2D eigenvalue weighted by molar-refractivity contribution is 0.630. The van der Waals surface area contributed by atoms with Gasteiger partial charge >= 0.3 is 0 Å². The van der Waals surface area contributed by atoms with Gasteiger partial charge in [-0.05, 0) is 37.1 Å². The van der Waals surface area contributed by atoms with Crippen molar-refractivity contribution in [3.05, 3.63) is 65.0 Å². The Balaban J connectivity index is 1.75. The first-order chi connectivity index (χ1) is 10.6. The second-order valence-corrected chi connectivity index (χ2v) is 6.11. The van der Waals surface area contributed by atoms with Crippen LogP contribution in [0.4, 0.5) is 4.39 Å². The zero-order valence-corrected chi connectivity index (χ0v) is 13.2. The highest BCUT2D eigenvalue weighted by molar-refractivity contribution is 7.98. The molecule has 0 spiro atoms. The molecule has 3 nitrogen and oxygen atoms in total. The third-order valence-electron chi connectivity index (χ3n) is 3.46. The van der Waals surface area contributed by atoms with E-state index in [1.165, 1.54) is 22.8 Å². The molecule has 22 heavy (non-hydrogen) atoms. The molecule has 1 heterocycles. The van der Waals surface area contributed by atoms with Gasteiger partial charge in [-0.3, -0.25) is 5.10 Å². The Hall–Kier alpha value is -2.14. The number of H-pyrrole nitrogens is 1. The molecule has 0 aliphatic rings. The summed E-state index contributed by atoms with van der Waals surface area (Å²) >= 11 is 1.54. The number of nitrogens with zero attached hydrogens (tertiary/aromatic N) is 2. The van der Waals surface area contributed by atoms with Crippen LogP contribution in [0, 0.1) is 19.7 Å². The number of hydrogen-bond acceptors (Lipinski definition) is 3. The van der Waals surface area contributed by atoms with E-state index in [9.17, 15) is 4.39 Å². The molecule has 0 unspecified atom stereocenters. The van der Waals surface area contributed by atoms with Gasteiger partial charge in [0, 0.05) is 5.75 Å². The minimum atomic E-state index is -0.301. The van der Waals surface area contributed by atoms with Gasteiger partial charge in [-0.25, -0.2) is 9.37 Å². The van der Waals surface area contributed by atoms with Gasteiger partial charge in [0.15, 0.2) is 5.82 Å². The van der Waals surface area contributed by atoms with Crippen LogP contribution in [0.3, 0.4) is 0 Å². The van der Waals surface area contributed by atoms with E-state index in [2.05, 4.69) is 47.2 Å². The predicted molar refractivity (Wildman–Crippen MR) is 87.3 cm³/mol. The van der Waals surface area contributed by atoms with Crippen molar-refractivity contribution in [3.8, 4) is 11.4 Å². The molecule has 0 aliphatic carbocycles.